The van der Waals surface area contributed by atoms with Crippen molar-refractivity contribution < 1.29 is 9.53 Å². The number of nitrogens with zero attached hydrogens (tertiary/aromatic N) is 2. The standard InChI is InChI=1S/C12H12ClN3O2/c1-7-3-11(18-2)8(4-9(7)13)10-5-16(6-14)12(17)15-10/h3-4,10H,5H2,1-2H3,(H,15,17). The molecule has 0 bridgehead atoms. The molecule has 0 saturated carbocycles. The number of hydrogen-bond acceptors (Lipinski definition) is 3. The fourth-order valence-corrected chi connectivity index (χ4v) is 2.09. The third-order valence-electron chi connectivity index (χ3n) is 2.92. The molecule has 0 aliphatic carbocycles. The lowest BCUT2D eigenvalue weighted by Gasteiger charge is -2.15. The summed E-state index contributed by atoms with van der Waals surface area (Å²) < 4.78 is 5.29. The Bertz CT molecular complexity index is 539. The van der Waals surface area contributed by atoms with Crippen LogP contribution in [-0.4, -0.2) is 24.6 Å². The fourth-order valence-electron chi connectivity index (χ4n) is 1.92. The van der Waals surface area contributed by atoms with Gasteiger partial charge < -0.3 is 10.1 Å². The third-order valence-corrected chi connectivity index (χ3v) is 3.32. The molecule has 1 aromatic carbocycles. The molecule has 1 atom stereocenters. The molecule has 6 heteroatoms. The van der Waals surface area contributed by atoms with Gasteiger partial charge in [0.15, 0.2) is 6.19 Å². The number of ether oxygens (including phenoxy) is 1. The van der Waals surface area contributed by atoms with Gasteiger partial charge in [0.1, 0.15) is 5.75 Å². The van der Waals surface area contributed by atoms with Gasteiger partial charge in [-0.3, -0.25) is 0 Å². The van der Waals surface area contributed by atoms with Crippen LogP contribution in [0.3, 0.4) is 0 Å². The molecule has 1 N–H and O–H groups in total. The van der Waals surface area contributed by atoms with E-state index in [4.69, 9.17) is 21.6 Å². The average Bonchev–Trinajstić information content (AvgIpc) is 2.73. The number of carbonyl (C=O) groups is 1. The van der Waals surface area contributed by atoms with Crippen molar-refractivity contribution in [3.05, 3.63) is 28.3 Å². The highest BCUT2D eigenvalue weighted by molar-refractivity contribution is 6.31. The molecule has 18 heavy (non-hydrogen) atoms. The molecule has 1 aromatic rings. The van der Waals surface area contributed by atoms with Crippen molar-refractivity contribution in [3.8, 4) is 11.9 Å². The van der Waals surface area contributed by atoms with E-state index in [1.165, 1.54) is 0 Å². The van der Waals surface area contributed by atoms with Gasteiger partial charge in [-0.1, -0.05) is 11.6 Å². The van der Waals surface area contributed by atoms with Gasteiger partial charge in [0.25, 0.3) is 0 Å². The fraction of sp³-hybridized carbons (Fsp3) is 0.333. The van der Waals surface area contributed by atoms with Crippen molar-refractivity contribution >= 4 is 17.6 Å². The van der Waals surface area contributed by atoms with E-state index in [-0.39, 0.29) is 12.6 Å². The summed E-state index contributed by atoms with van der Waals surface area (Å²) in [5, 5.41) is 12.1. The minimum Gasteiger partial charge on any atom is -0.496 e. The summed E-state index contributed by atoms with van der Waals surface area (Å²) in [4.78, 5) is 12.5. The number of urea groups is 1. The second kappa shape index (κ2) is 4.75. The van der Waals surface area contributed by atoms with Gasteiger partial charge in [0, 0.05) is 10.6 Å². The van der Waals surface area contributed by atoms with E-state index in [9.17, 15) is 4.79 Å². The van der Waals surface area contributed by atoms with Crippen LogP contribution < -0.4 is 10.1 Å². The second-order valence-corrected chi connectivity index (χ2v) is 4.46. The lowest BCUT2D eigenvalue weighted by atomic mass is 10.0. The number of hydrogen-bond donors (Lipinski definition) is 1. The van der Waals surface area contributed by atoms with Crippen molar-refractivity contribution in [1.82, 2.24) is 10.2 Å². The van der Waals surface area contributed by atoms with E-state index >= 15 is 0 Å². The summed E-state index contributed by atoms with van der Waals surface area (Å²) >= 11 is 6.08. The highest BCUT2D eigenvalue weighted by atomic mass is 35.5. The molecular weight excluding hydrogens is 254 g/mol. The molecule has 5 nitrogen and oxygen atoms in total. The van der Waals surface area contributed by atoms with E-state index in [1.807, 2.05) is 19.2 Å². The third kappa shape index (κ3) is 2.07. The summed E-state index contributed by atoms with van der Waals surface area (Å²) in [6.45, 7) is 2.16. The van der Waals surface area contributed by atoms with Gasteiger partial charge in [-0.15, -0.1) is 0 Å². The Morgan fingerprint density at radius 3 is 2.89 bits per heavy atom. The van der Waals surface area contributed by atoms with Crippen molar-refractivity contribution in [2.45, 2.75) is 13.0 Å². The van der Waals surface area contributed by atoms with Gasteiger partial charge in [0.05, 0.1) is 19.7 Å². The van der Waals surface area contributed by atoms with E-state index in [2.05, 4.69) is 5.32 Å². The molecule has 1 saturated heterocycles. The minimum atomic E-state index is -0.402. The van der Waals surface area contributed by atoms with Crippen LogP contribution in [0.1, 0.15) is 17.2 Å². The van der Waals surface area contributed by atoms with Gasteiger partial charge in [-0.05, 0) is 24.6 Å². The number of rotatable bonds is 2. The minimum absolute atomic E-state index is 0.283. The Balaban J connectivity index is 2.38. The Kier molecular flexibility index (Phi) is 3.30. The molecular formula is C12H12ClN3O2. The Hall–Kier alpha value is -1.93. The van der Waals surface area contributed by atoms with Crippen molar-refractivity contribution in [2.24, 2.45) is 0 Å². The van der Waals surface area contributed by atoms with Crippen LogP contribution in [0, 0.1) is 18.4 Å². The first-order chi connectivity index (χ1) is 8.56. The number of methoxy groups -OCH3 is 1. The highest BCUT2D eigenvalue weighted by Crippen LogP contribution is 2.33. The first-order valence-corrected chi connectivity index (χ1v) is 5.76. The Labute approximate surface area is 110 Å². The van der Waals surface area contributed by atoms with E-state index < -0.39 is 6.03 Å². The number of benzene rings is 1. The smallest absolute Gasteiger partial charge is 0.331 e. The predicted octanol–water partition coefficient (Wildman–Crippen LogP) is 2.20. The SMILES string of the molecule is COc1cc(C)c(Cl)cc1C1CN(C#N)C(=O)N1. The number of halogens is 1. The zero-order valence-electron chi connectivity index (χ0n) is 10.0. The molecule has 2 rings (SSSR count). The average molecular weight is 266 g/mol. The Morgan fingerprint density at radius 2 is 2.33 bits per heavy atom. The van der Waals surface area contributed by atoms with Gasteiger partial charge in [-0.2, -0.15) is 5.26 Å². The van der Waals surface area contributed by atoms with Gasteiger partial charge >= 0.3 is 6.03 Å². The molecule has 1 fully saturated rings. The van der Waals surface area contributed by atoms with Crippen LogP contribution in [0.15, 0.2) is 12.1 Å². The number of nitriles is 1. The monoisotopic (exact) mass is 265 g/mol. The zero-order chi connectivity index (χ0) is 13.3. The largest absolute Gasteiger partial charge is 0.496 e. The van der Waals surface area contributed by atoms with E-state index in [0.29, 0.717) is 10.8 Å². The molecule has 1 unspecified atom stereocenters. The predicted molar refractivity (Wildman–Crippen MR) is 66.3 cm³/mol. The van der Waals surface area contributed by atoms with Crippen LogP contribution in [0.4, 0.5) is 4.79 Å². The van der Waals surface area contributed by atoms with E-state index in [0.717, 1.165) is 16.0 Å². The lowest BCUT2D eigenvalue weighted by Crippen LogP contribution is -2.23. The molecule has 94 valence electrons. The van der Waals surface area contributed by atoms with Crippen molar-refractivity contribution in [2.75, 3.05) is 13.7 Å². The maximum atomic E-state index is 11.5. The Morgan fingerprint density at radius 1 is 1.61 bits per heavy atom. The van der Waals surface area contributed by atoms with Crippen LogP contribution in [-0.2, 0) is 0 Å². The second-order valence-electron chi connectivity index (χ2n) is 4.06. The number of nitrogens with one attached hydrogen (secondary N) is 1. The molecule has 1 aliphatic heterocycles. The highest BCUT2D eigenvalue weighted by Gasteiger charge is 2.31. The topological polar surface area (TPSA) is 65.4 Å². The number of aryl methyl sites for hydroxylation is 1. The summed E-state index contributed by atoms with van der Waals surface area (Å²) in [7, 11) is 1.56. The number of carbonyl (C=O) groups excluding carboxylic acids is 1. The van der Waals surface area contributed by atoms with Gasteiger partial charge in [-0.25, -0.2) is 9.69 Å². The summed E-state index contributed by atoms with van der Waals surface area (Å²) in [6, 6.07) is 2.90. The number of amides is 2. The van der Waals surface area contributed by atoms with Crippen LogP contribution >= 0.6 is 11.6 Å². The van der Waals surface area contributed by atoms with Crippen LogP contribution in [0.25, 0.3) is 0 Å². The maximum absolute atomic E-state index is 11.5. The molecule has 1 aliphatic rings. The molecule has 0 spiro atoms. The summed E-state index contributed by atoms with van der Waals surface area (Å²) in [5.74, 6) is 0.655. The maximum Gasteiger partial charge on any atom is 0.331 e. The van der Waals surface area contributed by atoms with Crippen LogP contribution in [0.5, 0.6) is 5.75 Å². The quantitative estimate of drug-likeness (QED) is 0.834. The van der Waals surface area contributed by atoms with Crippen molar-refractivity contribution in [1.29, 1.82) is 5.26 Å². The first kappa shape index (κ1) is 12.5. The first-order valence-electron chi connectivity index (χ1n) is 5.38. The molecule has 0 aromatic heterocycles. The summed E-state index contributed by atoms with van der Waals surface area (Å²) in [5.41, 5.74) is 1.68. The van der Waals surface area contributed by atoms with Gasteiger partial charge in [0.2, 0.25) is 0 Å². The van der Waals surface area contributed by atoms with E-state index in [1.54, 1.807) is 13.2 Å². The molecule has 0 radical (unpaired) electrons. The lowest BCUT2D eigenvalue weighted by molar-refractivity contribution is 0.232. The summed E-state index contributed by atoms with van der Waals surface area (Å²) in [6.07, 6.45) is 1.82. The molecule has 2 amide bonds. The zero-order valence-corrected chi connectivity index (χ0v) is 10.8. The van der Waals surface area contributed by atoms with Crippen LogP contribution in [0.2, 0.25) is 5.02 Å². The molecule has 1 heterocycles. The van der Waals surface area contributed by atoms with Crippen molar-refractivity contribution in [3.63, 3.8) is 0 Å². The normalized spacial score (nSPS) is 18.4.